The van der Waals surface area contributed by atoms with E-state index in [2.05, 4.69) is 10.3 Å². The maximum Gasteiger partial charge on any atom is 0.309 e. The maximum atomic E-state index is 12.9. The molecule has 0 bridgehead atoms. The van der Waals surface area contributed by atoms with Crippen molar-refractivity contribution in [1.82, 2.24) is 9.29 Å². The Balaban J connectivity index is 1.70. The van der Waals surface area contributed by atoms with Gasteiger partial charge in [-0.25, -0.2) is 13.4 Å². The van der Waals surface area contributed by atoms with E-state index in [-0.39, 0.29) is 47.3 Å². The Labute approximate surface area is 172 Å². The normalized spacial score (nSPS) is 20.3. The Bertz CT molecular complexity index is 993. The van der Waals surface area contributed by atoms with Gasteiger partial charge in [0, 0.05) is 24.0 Å². The highest BCUT2D eigenvalue weighted by Gasteiger charge is 2.32. The van der Waals surface area contributed by atoms with E-state index in [1.807, 2.05) is 13.8 Å². The van der Waals surface area contributed by atoms with E-state index in [0.717, 1.165) is 11.3 Å². The molecule has 9 nitrogen and oxygen atoms in total. The van der Waals surface area contributed by atoms with Crippen molar-refractivity contribution in [1.29, 1.82) is 0 Å². The zero-order valence-corrected chi connectivity index (χ0v) is 17.5. The summed E-state index contributed by atoms with van der Waals surface area (Å²) in [5.41, 5.74) is 0.621. The number of carbonyl (C=O) groups excluding carboxylic acids is 1. The Morgan fingerprint density at radius 3 is 2.45 bits per heavy atom. The molecule has 1 aliphatic rings. The largest absolute Gasteiger partial charge is 0.481 e. The number of nitrogens with zero attached hydrogens (tertiary/aromatic N) is 2. The quantitative estimate of drug-likeness (QED) is 0.703. The van der Waals surface area contributed by atoms with E-state index >= 15 is 0 Å². The second kappa shape index (κ2) is 8.57. The lowest BCUT2D eigenvalue weighted by atomic mass is 10.2. The van der Waals surface area contributed by atoms with Gasteiger partial charge in [-0.3, -0.25) is 14.9 Å². The molecule has 1 aliphatic heterocycles. The molecule has 2 aromatic rings. The summed E-state index contributed by atoms with van der Waals surface area (Å²) in [5, 5.41) is 13.2. The summed E-state index contributed by atoms with van der Waals surface area (Å²) in [6, 6.07) is 5.65. The summed E-state index contributed by atoms with van der Waals surface area (Å²) in [6.07, 6.45) is -0.608. The first kappa shape index (κ1) is 21.4. The number of amides is 1. The molecule has 2 atom stereocenters. The first-order valence-corrected chi connectivity index (χ1v) is 11.2. The smallest absolute Gasteiger partial charge is 0.309 e. The molecule has 0 aliphatic carbocycles. The molecule has 11 heteroatoms. The molecule has 0 spiro atoms. The number of carbonyl (C=O) groups is 2. The number of ether oxygens (including phenoxy) is 1. The molecule has 1 fully saturated rings. The fourth-order valence-corrected chi connectivity index (χ4v) is 5.32. The number of benzene rings is 1. The highest BCUT2D eigenvalue weighted by Crippen LogP contribution is 2.22. The van der Waals surface area contributed by atoms with Gasteiger partial charge < -0.3 is 9.84 Å². The first-order valence-electron chi connectivity index (χ1n) is 8.88. The number of hydrogen-bond acceptors (Lipinski definition) is 7. The first-order chi connectivity index (χ1) is 13.6. The van der Waals surface area contributed by atoms with Crippen LogP contribution in [0.25, 0.3) is 0 Å². The molecule has 1 amide bonds. The van der Waals surface area contributed by atoms with Crippen LogP contribution in [-0.2, 0) is 26.0 Å². The van der Waals surface area contributed by atoms with E-state index in [9.17, 15) is 18.0 Å². The molecule has 2 N–H and O–H groups in total. The van der Waals surface area contributed by atoms with E-state index in [1.54, 1.807) is 5.38 Å². The number of carboxylic acid groups (broad SMARTS) is 1. The van der Waals surface area contributed by atoms with Crippen molar-refractivity contribution >= 4 is 38.4 Å². The lowest BCUT2D eigenvalue weighted by Crippen LogP contribution is -2.48. The van der Waals surface area contributed by atoms with Crippen LogP contribution in [0.3, 0.4) is 0 Å². The molecular formula is C18H21N3O6S2. The summed E-state index contributed by atoms with van der Waals surface area (Å²) in [4.78, 5) is 27.2. The predicted octanol–water partition coefficient (Wildman–Crippen LogP) is 1.82. The van der Waals surface area contributed by atoms with Crippen LogP contribution >= 0.6 is 11.3 Å². The Kier molecular flexibility index (Phi) is 6.32. The monoisotopic (exact) mass is 439 g/mol. The number of nitrogens with one attached hydrogen (secondary N) is 1. The fraction of sp³-hybridized carbons (Fsp3) is 0.389. The summed E-state index contributed by atoms with van der Waals surface area (Å²) < 4.78 is 32.7. The zero-order valence-electron chi connectivity index (χ0n) is 15.9. The third kappa shape index (κ3) is 5.18. The van der Waals surface area contributed by atoms with Gasteiger partial charge in [-0.2, -0.15) is 4.31 Å². The molecule has 29 heavy (non-hydrogen) atoms. The number of hydrogen-bond donors (Lipinski definition) is 2. The van der Waals surface area contributed by atoms with Gasteiger partial charge in [-0.15, -0.1) is 11.3 Å². The van der Waals surface area contributed by atoms with Gasteiger partial charge in [0.25, 0.3) is 5.91 Å². The minimum Gasteiger partial charge on any atom is -0.481 e. The van der Waals surface area contributed by atoms with Gasteiger partial charge in [0.2, 0.25) is 10.0 Å². The van der Waals surface area contributed by atoms with E-state index in [4.69, 9.17) is 9.84 Å². The average molecular weight is 440 g/mol. The molecule has 1 aromatic carbocycles. The highest BCUT2D eigenvalue weighted by atomic mass is 32.2. The lowest BCUT2D eigenvalue weighted by molar-refractivity contribution is -0.136. The van der Waals surface area contributed by atoms with Gasteiger partial charge in [-0.05, 0) is 38.1 Å². The lowest BCUT2D eigenvalue weighted by Gasteiger charge is -2.34. The van der Waals surface area contributed by atoms with Gasteiger partial charge in [0.1, 0.15) is 0 Å². The summed E-state index contributed by atoms with van der Waals surface area (Å²) in [6.45, 7) is 4.20. The molecule has 0 radical (unpaired) electrons. The third-order valence-electron chi connectivity index (χ3n) is 4.24. The Morgan fingerprint density at radius 1 is 1.24 bits per heavy atom. The predicted molar refractivity (Wildman–Crippen MR) is 107 cm³/mol. The van der Waals surface area contributed by atoms with Crippen LogP contribution in [0, 0.1) is 0 Å². The summed E-state index contributed by atoms with van der Waals surface area (Å²) in [5.74, 6) is -1.46. The second-order valence-corrected chi connectivity index (χ2v) is 9.57. The van der Waals surface area contributed by atoms with Crippen LogP contribution in [0.1, 0.15) is 29.9 Å². The van der Waals surface area contributed by atoms with Crippen LogP contribution in [0.2, 0.25) is 0 Å². The zero-order chi connectivity index (χ0) is 21.2. The number of rotatable bonds is 6. The molecular weight excluding hydrogens is 418 g/mol. The topological polar surface area (TPSA) is 126 Å². The third-order valence-corrected chi connectivity index (χ3v) is 6.90. The van der Waals surface area contributed by atoms with Crippen LogP contribution in [0.5, 0.6) is 0 Å². The van der Waals surface area contributed by atoms with Crippen LogP contribution in [-0.4, -0.2) is 60.0 Å². The summed E-state index contributed by atoms with van der Waals surface area (Å²) >= 11 is 1.12. The van der Waals surface area contributed by atoms with E-state index in [1.165, 1.54) is 28.6 Å². The Morgan fingerprint density at radius 2 is 1.86 bits per heavy atom. The number of anilines is 1. The van der Waals surface area contributed by atoms with Crippen molar-refractivity contribution in [3.63, 3.8) is 0 Å². The van der Waals surface area contributed by atoms with Crippen LogP contribution in [0.15, 0.2) is 34.5 Å². The second-order valence-electron chi connectivity index (χ2n) is 6.77. The van der Waals surface area contributed by atoms with Crippen molar-refractivity contribution in [2.24, 2.45) is 0 Å². The van der Waals surface area contributed by atoms with E-state index in [0.29, 0.717) is 5.69 Å². The molecule has 1 aromatic heterocycles. The van der Waals surface area contributed by atoms with Crippen molar-refractivity contribution in [2.45, 2.75) is 37.4 Å². The highest BCUT2D eigenvalue weighted by molar-refractivity contribution is 7.89. The number of aromatic nitrogens is 1. The average Bonchev–Trinajstić information content (AvgIpc) is 3.07. The molecule has 0 saturated carbocycles. The number of thiazole rings is 1. The minimum atomic E-state index is -3.68. The van der Waals surface area contributed by atoms with Crippen molar-refractivity contribution in [3.8, 4) is 0 Å². The van der Waals surface area contributed by atoms with Gasteiger partial charge in [0.15, 0.2) is 5.13 Å². The van der Waals surface area contributed by atoms with Crippen molar-refractivity contribution in [2.75, 3.05) is 18.4 Å². The number of carboxylic acids is 1. The van der Waals surface area contributed by atoms with E-state index < -0.39 is 21.9 Å². The molecule has 3 rings (SSSR count). The Hall–Kier alpha value is -2.34. The summed E-state index contributed by atoms with van der Waals surface area (Å²) in [7, 11) is -3.68. The molecule has 2 heterocycles. The van der Waals surface area contributed by atoms with Crippen molar-refractivity contribution in [3.05, 3.63) is 40.9 Å². The fourth-order valence-electron chi connectivity index (χ4n) is 3.02. The van der Waals surface area contributed by atoms with Gasteiger partial charge in [-0.1, -0.05) is 0 Å². The SMILES string of the molecule is C[C@@H]1CN(S(=O)(=O)c2ccc(C(=O)Nc3nc(CC(=O)O)cs3)cc2)C[C@@H](C)O1. The number of aliphatic carboxylic acids is 1. The van der Waals surface area contributed by atoms with Crippen LogP contribution in [0.4, 0.5) is 5.13 Å². The standard InChI is InChI=1S/C18H21N3O6S2/c1-11-8-21(9-12(2)27-11)29(25,26)15-5-3-13(4-6-15)17(24)20-18-19-14(10-28-18)7-16(22)23/h3-6,10-12H,7-9H2,1-2H3,(H,22,23)(H,19,20,24)/t11-,12-/m1/s1. The van der Waals surface area contributed by atoms with Gasteiger partial charge in [0.05, 0.1) is 29.2 Å². The molecule has 0 unspecified atom stereocenters. The van der Waals surface area contributed by atoms with Crippen molar-refractivity contribution < 1.29 is 27.9 Å². The molecule has 156 valence electrons. The van der Waals surface area contributed by atoms with Crippen LogP contribution < -0.4 is 5.32 Å². The number of morpholine rings is 1. The number of sulfonamides is 1. The van der Waals surface area contributed by atoms with Gasteiger partial charge >= 0.3 is 5.97 Å². The molecule has 1 saturated heterocycles. The maximum absolute atomic E-state index is 12.9. The minimum absolute atomic E-state index is 0.105.